The van der Waals surface area contributed by atoms with Crippen molar-refractivity contribution in [3.63, 3.8) is 0 Å². The van der Waals surface area contributed by atoms with Gasteiger partial charge in [-0.2, -0.15) is 8.42 Å². The van der Waals surface area contributed by atoms with Crippen molar-refractivity contribution >= 4 is 27.5 Å². The van der Waals surface area contributed by atoms with Crippen LogP contribution in [0.2, 0.25) is 0 Å². The molecule has 0 saturated heterocycles. The first-order chi connectivity index (χ1) is 10.2. The molecule has 122 valence electrons. The van der Waals surface area contributed by atoms with E-state index in [0.717, 1.165) is 0 Å². The Morgan fingerprint density at radius 3 is 2.36 bits per heavy atom. The van der Waals surface area contributed by atoms with Crippen molar-refractivity contribution < 1.29 is 27.3 Å². The summed E-state index contributed by atoms with van der Waals surface area (Å²) in [5.41, 5.74) is -1.31. The third-order valence-electron chi connectivity index (χ3n) is 3.49. The van der Waals surface area contributed by atoms with Crippen LogP contribution in [0.1, 0.15) is 26.7 Å². The summed E-state index contributed by atoms with van der Waals surface area (Å²) < 4.78 is 36.8. The van der Waals surface area contributed by atoms with Gasteiger partial charge in [-0.15, -0.1) is 0 Å². The van der Waals surface area contributed by atoms with Crippen LogP contribution in [0.3, 0.4) is 0 Å². The van der Waals surface area contributed by atoms with Gasteiger partial charge in [0.25, 0.3) is 10.1 Å². The number of ether oxygens (including phenoxy) is 1. The van der Waals surface area contributed by atoms with Crippen LogP contribution in [-0.4, -0.2) is 37.4 Å². The van der Waals surface area contributed by atoms with Crippen LogP contribution in [0, 0.1) is 0 Å². The average molecular weight is 329 g/mol. The number of amides is 1. The third-order valence-corrected chi connectivity index (χ3v) is 4.40. The van der Waals surface area contributed by atoms with E-state index in [1.807, 2.05) is 0 Å². The highest BCUT2D eigenvalue weighted by Crippen LogP contribution is 2.24. The molecule has 7 nitrogen and oxygen atoms in total. The fraction of sp³-hybridized carbons (Fsp3) is 0.429. The molecule has 0 aliphatic heterocycles. The lowest BCUT2D eigenvalue weighted by Crippen LogP contribution is -2.42. The molecule has 1 aromatic rings. The van der Waals surface area contributed by atoms with Crippen molar-refractivity contribution in [2.75, 3.05) is 12.4 Å². The predicted octanol–water partition coefficient (Wildman–Crippen LogP) is 1.65. The molecule has 1 rings (SSSR count). The number of nitrogens with one attached hydrogen (secondary N) is 1. The van der Waals surface area contributed by atoms with Crippen molar-refractivity contribution in [2.45, 2.75) is 37.2 Å². The lowest BCUT2D eigenvalue weighted by molar-refractivity contribution is -0.144. The number of carbonyl (C=O) groups excluding carboxylic acids is 2. The number of carbonyl (C=O) groups is 2. The normalized spacial score (nSPS) is 14.2. The molecule has 22 heavy (non-hydrogen) atoms. The predicted molar refractivity (Wildman–Crippen MR) is 80.2 cm³/mol. The molecular weight excluding hydrogens is 310 g/mol. The summed E-state index contributed by atoms with van der Waals surface area (Å²) in [5.74, 6) is -0.884. The average Bonchev–Trinajstić information content (AvgIpc) is 2.44. The van der Waals surface area contributed by atoms with Crippen molar-refractivity contribution in [3.8, 4) is 0 Å². The Hall–Kier alpha value is -1.77. The van der Waals surface area contributed by atoms with E-state index in [2.05, 4.69) is 5.32 Å². The quantitative estimate of drug-likeness (QED) is 0.736. The molecule has 0 aliphatic carbocycles. The number of benzene rings is 1. The third kappa shape index (κ3) is 4.12. The van der Waals surface area contributed by atoms with Crippen molar-refractivity contribution in [1.29, 1.82) is 0 Å². The number of ketones is 1. The maximum Gasteiger partial charge on any atom is 0.296 e. The van der Waals surface area contributed by atoms with Crippen LogP contribution in [0.25, 0.3) is 0 Å². The molecule has 0 aliphatic rings. The summed E-state index contributed by atoms with van der Waals surface area (Å²) in [7, 11) is -3.13. The first-order valence-corrected chi connectivity index (χ1v) is 8.03. The molecule has 0 bridgehead atoms. The summed E-state index contributed by atoms with van der Waals surface area (Å²) >= 11 is 0. The Morgan fingerprint density at radius 1 is 1.32 bits per heavy atom. The van der Waals surface area contributed by atoms with E-state index in [0.29, 0.717) is 6.42 Å². The van der Waals surface area contributed by atoms with Crippen LogP contribution in [0.5, 0.6) is 0 Å². The molecular formula is C14H19NO6S. The van der Waals surface area contributed by atoms with Gasteiger partial charge in [-0.3, -0.25) is 14.1 Å². The van der Waals surface area contributed by atoms with Crippen LogP contribution in [0.15, 0.2) is 29.2 Å². The SMILES string of the molecule is CCC(CC(=O)Nc1ccccc1S(=O)(=O)O)(OC)C(C)=O. The van der Waals surface area contributed by atoms with Gasteiger partial charge in [0.1, 0.15) is 10.5 Å². The van der Waals surface area contributed by atoms with E-state index in [1.165, 1.54) is 38.3 Å². The number of anilines is 1. The summed E-state index contributed by atoms with van der Waals surface area (Å²) in [6.07, 6.45) is 0.0430. The number of rotatable bonds is 7. The van der Waals surface area contributed by atoms with E-state index in [4.69, 9.17) is 9.29 Å². The second-order valence-electron chi connectivity index (χ2n) is 4.80. The fourth-order valence-corrected chi connectivity index (χ4v) is 2.75. The van der Waals surface area contributed by atoms with Crippen LogP contribution in [0.4, 0.5) is 5.69 Å². The van der Waals surface area contributed by atoms with Crippen LogP contribution in [-0.2, 0) is 24.4 Å². The van der Waals surface area contributed by atoms with Crippen molar-refractivity contribution in [2.24, 2.45) is 0 Å². The zero-order valence-electron chi connectivity index (χ0n) is 12.6. The van der Waals surface area contributed by atoms with Gasteiger partial charge in [0.2, 0.25) is 5.91 Å². The largest absolute Gasteiger partial charge is 0.370 e. The molecule has 0 fully saturated rings. The molecule has 1 atom stereocenters. The summed E-state index contributed by atoms with van der Waals surface area (Å²) in [6.45, 7) is 3.04. The maximum absolute atomic E-state index is 12.1. The minimum Gasteiger partial charge on any atom is -0.370 e. The number of hydrogen-bond acceptors (Lipinski definition) is 5. The number of hydrogen-bond donors (Lipinski definition) is 2. The van der Waals surface area contributed by atoms with E-state index >= 15 is 0 Å². The Balaban J connectivity index is 3.02. The summed E-state index contributed by atoms with van der Waals surface area (Å²) in [6, 6.07) is 5.44. The lowest BCUT2D eigenvalue weighted by Gasteiger charge is -2.27. The number of para-hydroxylation sites is 1. The molecule has 0 spiro atoms. The van der Waals surface area contributed by atoms with Gasteiger partial charge >= 0.3 is 0 Å². The Kier molecular flexibility index (Phi) is 5.81. The maximum atomic E-state index is 12.1. The zero-order chi connectivity index (χ0) is 17.0. The molecule has 1 unspecified atom stereocenters. The number of methoxy groups -OCH3 is 1. The van der Waals surface area contributed by atoms with Gasteiger partial charge in [-0.1, -0.05) is 19.1 Å². The van der Waals surface area contributed by atoms with Gasteiger partial charge in [0, 0.05) is 7.11 Å². The van der Waals surface area contributed by atoms with Gasteiger partial charge in [0.15, 0.2) is 5.78 Å². The Morgan fingerprint density at radius 2 is 1.91 bits per heavy atom. The van der Waals surface area contributed by atoms with Gasteiger partial charge in [-0.25, -0.2) is 0 Å². The standard InChI is InChI=1S/C14H19NO6S/c1-4-14(21-3,10(2)16)9-13(17)15-11-7-5-6-8-12(11)22(18,19)20/h5-8H,4,9H2,1-3H3,(H,15,17)(H,18,19,20). The molecule has 0 heterocycles. The molecule has 0 radical (unpaired) electrons. The number of Topliss-reactive ketones (excluding diaryl/α,β-unsaturated/α-hetero) is 1. The fourth-order valence-electron chi connectivity index (χ4n) is 2.11. The molecule has 8 heteroatoms. The molecule has 1 aromatic carbocycles. The minimum absolute atomic E-state index is 0.0559. The van der Waals surface area contributed by atoms with E-state index in [-0.39, 0.29) is 17.9 Å². The van der Waals surface area contributed by atoms with Crippen molar-refractivity contribution in [3.05, 3.63) is 24.3 Å². The minimum atomic E-state index is -4.46. The lowest BCUT2D eigenvalue weighted by atomic mass is 9.91. The molecule has 0 aromatic heterocycles. The van der Waals surface area contributed by atoms with E-state index in [9.17, 15) is 18.0 Å². The zero-order valence-corrected chi connectivity index (χ0v) is 13.4. The van der Waals surface area contributed by atoms with Gasteiger partial charge < -0.3 is 10.1 Å². The Labute approximate surface area is 129 Å². The first kappa shape index (κ1) is 18.3. The first-order valence-electron chi connectivity index (χ1n) is 6.59. The monoisotopic (exact) mass is 329 g/mol. The summed E-state index contributed by atoms with van der Waals surface area (Å²) in [5, 5.41) is 2.39. The van der Waals surface area contributed by atoms with Gasteiger partial charge in [-0.05, 0) is 25.5 Å². The highest BCUT2D eigenvalue weighted by Gasteiger charge is 2.36. The molecule has 0 saturated carbocycles. The van der Waals surface area contributed by atoms with Gasteiger partial charge in [0.05, 0.1) is 12.1 Å². The smallest absolute Gasteiger partial charge is 0.296 e. The van der Waals surface area contributed by atoms with Crippen molar-refractivity contribution in [1.82, 2.24) is 0 Å². The van der Waals surface area contributed by atoms with Crippen LogP contribution < -0.4 is 5.32 Å². The highest BCUT2D eigenvalue weighted by atomic mass is 32.2. The second-order valence-corrected chi connectivity index (χ2v) is 6.19. The molecule has 1 amide bonds. The molecule has 2 N–H and O–H groups in total. The highest BCUT2D eigenvalue weighted by molar-refractivity contribution is 7.86. The van der Waals surface area contributed by atoms with Crippen LogP contribution >= 0.6 is 0 Å². The van der Waals surface area contributed by atoms with E-state index in [1.54, 1.807) is 6.92 Å². The Bertz CT molecular complexity index is 664. The topological polar surface area (TPSA) is 110 Å². The summed E-state index contributed by atoms with van der Waals surface area (Å²) in [4.78, 5) is 23.4. The second kappa shape index (κ2) is 6.99. The van der Waals surface area contributed by atoms with E-state index < -0.39 is 26.5 Å².